The summed E-state index contributed by atoms with van der Waals surface area (Å²) in [5.41, 5.74) is 1.48. The maximum Gasteiger partial charge on any atom is 0.256 e. The third-order valence-electron chi connectivity index (χ3n) is 1.90. The molecule has 0 spiro atoms. The van der Waals surface area contributed by atoms with Gasteiger partial charge in [-0.05, 0) is 18.4 Å². The SMILES string of the molecule is CC(O)C(O)Oc1nsnc1-c1ccsc1. The first-order valence-electron chi connectivity index (χ1n) is 4.56. The van der Waals surface area contributed by atoms with E-state index in [0.717, 1.165) is 17.3 Å². The summed E-state index contributed by atoms with van der Waals surface area (Å²) in [6, 6.07) is 1.89. The van der Waals surface area contributed by atoms with Crippen LogP contribution in [0.4, 0.5) is 0 Å². The minimum atomic E-state index is -1.29. The lowest BCUT2D eigenvalue weighted by Crippen LogP contribution is -2.28. The Labute approximate surface area is 100 Å². The topological polar surface area (TPSA) is 75.5 Å². The van der Waals surface area contributed by atoms with Gasteiger partial charge in [-0.25, -0.2) is 0 Å². The van der Waals surface area contributed by atoms with Crippen molar-refractivity contribution in [3.8, 4) is 17.1 Å². The molecule has 2 atom stereocenters. The van der Waals surface area contributed by atoms with Gasteiger partial charge in [-0.2, -0.15) is 15.7 Å². The number of rotatable bonds is 4. The van der Waals surface area contributed by atoms with Crippen molar-refractivity contribution in [2.75, 3.05) is 0 Å². The smallest absolute Gasteiger partial charge is 0.256 e. The van der Waals surface area contributed by atoms with E-state index in [9.17, 15) is 5.11 Å². The zero-order valence-corrected chi connectivity index (χ0v) is 10.0. The summed E-state index contributed by atoms with van der Waals surface area (Å²) in [6.07, 6.45) is -2.27. The van der Waals surface area contributed by atoms with E-state index >= 15 is 0 Å². The maximum atomic E-state index is 9.39. The largest absolute Gasteiger partial charge is 0.443 e. The van der Waals surface area contributed by atoms with Gasteiger partial charge >= 0.3 is 0 Å². The monoisotopic (exact) mass is 258 g/mol. The molecule has 2 unspecified atom stereocenters. The zero-order valence-electron chi connectivity index (χ0n) is 8.40. The minimum Gasteiger partial charge on any atom is -0.443 e. The number of aliphatic hydroxyl groups excluding tert-OH is 2. The second-order valence-electron chi connectivity index (χ2n) is 3.18. The van der Waals surface area contributed by atoms with E-state index in [0.29, 0.717) is 5.69 Å². The van der Waals surface area contributed by atoms with Crippen LogP contribution in [0.5, 0.6) is 5.88 Å². The number of nitrogens with zero attached hydrogens (tertiary/aromatic N) is 2. The second kappa shape index (κ2) is 4.88. The molecule has 0 fully saturated rings. The Hall–Kier alpha value is -1.02. The van der Waals surface area contributed by atoms with Crippen LogP contribution in [0.3, 0.4) is 0 Å². The van der Waals surface area contributed by atoms with Crippen LogP contribution < -0.4 is 4.74 Å². The van der Waals surface area contributed by atoms with Crippen LogP contribution >= 0.6 is 23.1 Å². The van der Waals surface area contributed by atoms with E-state index in [-0.39, 0.29) is 5.88 Å². The van der Waals surface area contributed by atoms with Crippen LogP contribution in [0.25, 0.3) is 11.3 Å². The lowest BCUT2D eigenvalue weighted by Gasteiger charge is -2.13. The molecule has 2 aromatic heterocycles. The fourth-order valence-corrected chi connectivity index (χ4v) is 2.20. The highest BCUT2D eigenvalue weighted by Crippen LogP contribution is 2.29. The first-order chi connectivity index (χ1) is 7.68. The van der Waals surface area contributed by atoms with Crippen molar-refractivity contribution in [3.63, 3.8) is 0 Å². The Balaban J connectivity index is 2.20. The number of ether oxygens (including phenoxy) is 1. The highest BCUT2D eigenvalue weighted by Gasteiger charge is 2.18. The normalized spacial score (nSPS) is 14.7. The lowest BCUT2D eigenvalue weighted by molar-refractivity contribution is -0.0973. The zero-order chi connectivity index (χ0) is 11.5. The summed E-state index contributed by atoms with van der Waals surface area (Å²) in [5, 5.41) is 22.3. The van der Waals surface area contributed by atoms with Crippen molar-refractivity contribution in [2.24, 2.45) is 0 Å². The molecule has 2 heterocycles. The molecule has 0 saturated carbocycles. The molecule has 16 heavy (non-hydrogen) atoms. The Morgan fingerprint density at radius 3 is 2.81 bits per heavy atom. The van der Waals surface area contributed by atoms with Crippen LogP contribution in [0.15, 0.2) is 16.8 Å². The molecule has 7 heteroatoms. The number of thiophene rings is 1. The predicted molar refractivity (Wildman–Crippen MR) is 61.5 cm³/mol. The molecule has 0 aliphatic rings. The predicted octanol–water partition coefficient (Wildman–Crippen LogP) is 1.34. The summed E-state index contributed by atoms with van der Waals surface area (Å²) >= 11 is 2.55. The van der Waals surface area contributed by atoms with Crippen LogP contribution in [0.2, 0.25) is 0 Å². The third kappa shape index (κ3) is 2.38. The Morgan fingerprint density at radius 1 is 1.38 bits per heavy atom. The van der Waals surface area contributed by atoms with Gasteiger partial charge in [0.25, 0.3) is 5.88 Å². The highest BCUT2D eigenvalue weighted by atomic mass is 32.1. The fourth-order valence-electron chi connectivity index (χ4n) is 1.05. The molecule has 0 radical (unpaired) electrons. The van der Waals surface area contributed by atoms with Crippen molar-refractivity contribution >= 4 is 23.1 Å². The van der Waals surface area contributed by atoms with E-state index < -0.39 is 12.4 Å². The van der Waals surface area contributed by atoms with Gasteiger partial charge in [0.15, 0.2) is 0 Å². The summed E-state index contributed by atoms with van der Waals surface area (Å²) in [4.78, 5) is 0. The van der Waals surface area contributed by atoms with Gasteiger partial charge in [-0.1, -0.05) is 0 Å². The van der Waals surface area contributed by atoms with Crippen molar-refractivity contribution in [1.82, 2.24) is 8.75 Å². The van der Waals surface area contributed by atoms with Crippen LogP contribution in [0, 0.1) is 0 Å². The molecular formula is C9H10N2O3S2. The summed E-state index contributed by atoms with van der Waals surface area (Å²) < 4.78 is 13.1. The maximum absolute atomic E-state index is 9.39. The van der Waals surface area contributed by atoms with E-state index in [1.54, 1.807) is 11.3 Å². The molecule has 5 nitrogen and oxygen atoms in total. The van der Waals surface area contributed by atoms with Crippen molar-refractivity contribution in [2.45, 2.75) is 19.3 Å². The molecule has 2 N–H and O–H groups in total. The van der Waals surface area contributed by atoms with Crippen molar-refractivity contribution < 1.29 is 14.9 Å². The molecule has 0 amide bonds. The summed E-state index contributed by atoms with van der Waals surface area (Å²) in [5.74, 6) is 0.247. The molecular weight excluding hydrogens is 248 g/mol. The molecule has 86 valence electrons. The Bertz CT molecular complexity index is 441. The van der Waals surface area contributed by atoms with E-state index in [1.807, 2.05) is 16.8 Å². The molecule has 0 aliphatic carbocycles. The third-order valence-corrected chi connectivity index (χ3v) is 3.09. The van der Waals surface area contributed by atoms with Gasteiger partial charge < -0.3 is 14.9 Å². The standard InChI is InChI=1S/C9H10N2O3S2/c1-5(12)9(13)14-8-7(10-16-11-8)6-2-3-15-4-6/h2-5,9,12-13H,1H3. The first kappa shape index (κ1) is 11.5. The van der Waals surface area contributed by atoms with Crippen molar-refractivity contribution in [3.05, 3.63) is 16.8 Å². The molecule has 0 saturated heterocycles. The number of hydrogen-bond donors (Lipinski definition) is 2. The number of aliphatic hydroxyl groups is 2. The van der Waals surface area contributed by atoms with E-state index in [1.165, 1.54) is 6.92 Å². The summed E-state index contributed by atoms with van der Waals surface area (Å²) in [6.45, 7) is 1.44. The van der Waals surface area contributed by atoms with E-state index in [4.69, 9.17) is 9.84 Å². The van der Waals surface area contributed by atoms with Crippen LogP contribution in [-0.2, 0) is 0 Å². The quantitative estimate of drug-likeness (QED) is 0.809. The van der Waals surface area contributed by atoms with Crippen LogP contribution in [-0.4, -0.2) is 31.4 Å². The van der Waals surface area contributed by atoms with E-state index in [2.05, 4.69) is 8.75 Å². The minimum absolute atomic E-state index is 0.247. The molecule has 2 aromatic rings. The lowest BCUT2D eigenvalue weighted by atomic mass is 10.2. The summed E-state index contributed by atoms with van der Waals surface area (Å²) in [7, 11) is 0. The Kier molecular flexibility index (Phi) is 3.49. The van der Waals surface area contributed by atoms with Crippen LogP contribution in [0.1, 0.15) is 6.92 Å². The molecule has 2 rings (SSSR count). The van der Waals surface area contributed by atoms with Gasteiger partial charge in [0.05, 0.1) is 11.7 Å². The van der Waals surface area contributed by atoms with Gasteiger partial charge in [0.2, 0.25) is 6.29 Å². The van der Waals surface area contributed by atoms with Gasteiger partial charge in [-0.3, -0.25) is 0 Å². The average Bonchev–Trinajstić information content (AvgIpc) is 2.85. The Morgan fingerprint density at radius 2 is 2.19 bits per heavy atom. The molecule has 0 aromatic carbocycles. The second-order valence-corrected chi connectivity index (χ2v) is 4.49. The molecule has 0 bridgehead atoms. The average molecular weight is 258 g/mol. The van der Waals surface area contributed by atoms with Crippen molar-refractivity contribution in [1.29, 1.82) is 0 Å². The van der Waals surface area contributed by atoms with Gasteiger partial charge in [-0.15, -0.1) is 4.37 Å². The fraction of sp³-hybridized carbons (Fsp3) is 0.333. The first-order valence-corrected chi connectivity index (χ1v) is 6.23. The number of hydrogen-bond acceptors (Lipinski definition) is 7. The highest BCUT2D eigenvalue weighted by molar-refractivity contribution is 7.08. The number of aromatic nitrogens is 2. The van der Waals surface area contributed by atoms with Gasteiger partial charge in [0.1, 0.15) is 11.8 Å². The molecule has 0 aliphatic heterocycles. The van der Waals surface area contributed by atoms with Gasteiger partial charge in [0, 0.05) is 10.9 Å².